The van der Waals surface area contributed by atoms with Crippen molar-refractivity contribution in [3.63, 3.8) is 0 Å². The topological polar surface area (TPSA) is 118 Å². The number of aliphatic hydroxyl groups is 1. The molecule has 3 aromatic rings. The summed E-state index contributed by atoms with van der Waals surface area (Å²) in [4.78, 5) is 18.5. The van der Waals surface area contributed by atoms with Crippen LogP contribution in [-0.4, -0.2) is 61.2 Å². The van der Waals surface area contributed by atoms with E-state index in [9.17, 15) is 9.90 Å². The number of hydrogen-bond acceptors (Lipinski definition) is 8. The second-order valence-corrected chi connectivity index (χ2v) is 9.13. The van der Waals surface area contributed by atoms with Crippen molar-refractivity contribution in [3.8, 4) is 11.5 Å². The molecule has 0 bridgehead atoms. The third-order valence-electron chi connectivity index (χ3n) is 6.70. The summed E-state index contributed by atoms with van der Waals surface area (Å²) in [7, 11) is 0. The summed E-state index contributed by atoms with van der Waals surface area (Å²) in [5.41, 5.74) is 0.735. The number of aromatic amines is 1. The molecule has 1 fully saturated rings. The average Bonchev–Trinajstić information content (AvgIpc) is 3.44. The van der Waals surface area contributed by atoms with Gasteiger partial charge in [-0.2, -0.15) is 0 Å². The van der Waals surface area contributed by atoms with Gasteiger partial charge in [0, 0.05) is 30.1 Å². The van der Waals surface area contributed by atoms with E-state index < -0.39 is 6.04 Å². The molecule has 0 saturated carbocycles. The first kappa shape index (κ1) is 20.9. The van der Waals surface area contributed by atoms with Crippen LogP contribution in [0.15, 0.2) is 23.0 Å². The first-order valence-corrected chi connectivity index (χ1v) is 11.0. The molecular weight excluding hydrogens is 412 g/mol. The van der Waals surface area contributed by atoms with Crippen molar-refractivity contribution >= 4 is 10.9 Å². The van der Waals surface area contributed by atoms with Crippen molar-refractivity contribution in [2.75, 3.05) is 19.9 Å². The molecule has 32 heavy (non-hydrogen) atoms. The fraction of sp³-hybridized carbons (Fsp3) is 0.545. The van der Waals surface area contributed by atoms with Crippen LogP contribution in [0.2, 0.25) is 0 Å². The van der Waals surface area contributed by atoms with Crippen molar-refractivity contribution in [2.24, 2.45) is 0 Å². The molecule has 1 saturated heterocycles. The van der Waals surface area contributed by atoms with Crippen molar-refractivity contribution in [1.29, 1.82) is 0 Å². The number of ether oxygens (including phenoxy) is 2. The first-order chi connectivity index (χ1) is 15.4. The zero-order valence-electron chi connectivity index (χ0n) is 18.5. The minimum Gasteiger partial charge on any atom is -0.454 e. The fourth-order valence-corrected chi connectivity index (χ4v) is 4.40. The van der Waals surface area contributed by atoms with Crippen LogP contribution in [0.3, 0.4) is 0 Å². The van der Waals surface area contributed by atoms with Gasteiger partial charge >= 0.3 is 0 Å². The lowest BCUT2D eigenvalue weighted by Crippen LogP contribution is -2.43. The minimum absolute atomic E-state index is 0.169. The van der Waals surface area contributed by atoms with Gasteiger partial charge < -0.3 is 19.6 Å². The summed E-state index contributed by atoms with van der Waals surface area (Å²) in [6.07, 6.45) is 1.77. The van der Waals surface area contributed by atoms with Gasteiger partial charge in [0.15, 0.2) is 17.3 Å². The van der Waals surface area contributed by atoms with Crippen LogP contribution >= 0.6 is 0 Å². The number of tetrazole rings is 1. The van der Waals surface area contributed by atoms with Crippen LogP contribution in [0, 0.1) is 0 Å². The molecule has 2 aliphatic heterocycles. The molecule has 2 N–H and O–H groups in total. The molecule has 2 aliphatic rings. The highest BCUT2D eigenvalue weighted by atomic mass is 16.7. The Hall–Kier alpha value is -2.98. The highest BCUT2D eigenvalue weighted by Crippen LogP contribution is 2.37. The molecule has 1 atom stereocenters. The maximum atomic E-state index is 13.3. The molecule has 1 aromatic carbocycles. The summed E-state index contributed by atoms with van der Waals surface area (Å²) in [6.45, 7) is 7.70. The molecule has 4 heterocycles. The number of likely N-dealkylation sites (tertiary alicyclic amines) is 1. The van der Waals surface area contributed by atoms with Gasteiger partial charge in [0.25, 0.3) is 5.56 Å². The van der Waals surface area contributed by atoms with Crippen LogP contribution in [0.1, 0.15) is 57.5 Å². The Morgan fingerprint density at radius 2 is 1.94 bits per heavy atom. The predicted molar refractivity (Wildman–Crippen MR) is 117 cm³/mol. The number of fused-ring (bicyclic) bond motifs is 2. The predicted octanol–water partition coefficient (Wildman–Crippen LogP) is 1.93. The van der Waals surface area contributed by atoms with E-state index >= 15 is 0 Å². The molecular formula is C22H28N6O4. The highest BCUT2D eigenvalue weighted by molar-refractivity contribution is 5.83. The number of pyridine rings is 1. The third kappa shape index (κ3) is 3.53. The van der Waals surface area contributed by atoms with Crippen molar-refractivity contribution in [1.82, 2.24) is 30.1 Å². The van der Waals surface area contributed by atoms with Crippen LogP contribution in [0.25, 0.3) is 10.9 Å². The van der Waals surface area contributed by atoms with E-state index in [0.717, 1.165) is 11.8 Å². The molecule has 0 amide bonds. The summed E-state index contributed by atoms with van der Waals surface area (Å²) in [5.74, 6) is 1.90. The lowest BCUT2D eigenvalue weighted by Gasteiger charge is -2.36. The molecule has 5 rings (SSSR count). The molecule has 2 aromatic heterocycles. The lowest BCUT2D eigenvalue weighted by atomic mass is 9.97. The van der Waals surface area contributed by atoms with E-state index in [1.165, 1.54) is 0 Å². The van der Waals surface area contributed by atoms with E-state index in [4.69, 9.17) is 9.47 Å². The second kappa shape index (κ2) is 7.86. The SMILES string of the molecule is CCC(C)(C)n1nnnc1C(c1cc2cc3c(cc2[nH]c1=O)OCO3)N1CCC(O)CC1. The monoisotopic (exact) mass is 440 g/mol. The Labute approximate surface area is 185 Å². The average molecular weight is 441 g/mol. The van der Waals surface area contributed by atoms with E-state index in [1.54, 1.807) is 6.07 Å². The normalized spacial score (nSPS) is 18.4. The molecule has 0 spiro atoms. The molecule has 1 unspecified atom stereocenters. The summed E-state index contributed by atoms with van der Waals surface area (Å²) >= 11 is 0. The quantitative estimate of drug-likeness (QED) is 0.618. The van der Waals surface area contributed by atoms with Crippen LogP contribution < -0.4 is 15.0 Å². The number of nitrogens with one attached hydrogen (secondary N) is 1. The van der Waals surface area contributed by atoms with Gasteiger partial charge in [-0.05, 0) is 55.7 Å². The number of hydrogen-bond donors (Lipinski definition) is 2. The Kier molecular flexibility index (Phi) is 5.13. The lowest BCUT2D eigenvalue weighted by molar-refractivity contribution is 0.0644. The zero-order valence-corrected chi connectivity index (χ0v) is 18.5. The number of rotatable bonds is 5. The number of piperidine rings is 1. The molecule has 10 nitrogen and oxygen atoms in total. The number of aliphatic hydroxyl groups excluding tert-OH is 1. The highest BCUT2D eigenvalue weighted by Gasteiger charge is 2.35. The summed E-state index contributed by atoms with van der Waals surface area (Å²) < 4.78 is 12.8. The van der Waals surface area contributed by atoms with E-state index in [-0.39, 0.29) is 24.0 Å². The van der Waals surface area contributed by atoms with Crippen LogP contribution in [-0.2, 0) is 5.54 Å². The smallest absolute Gasteiger partial charge is 0.253 e. The first-order valence-electron chi connectivity index (χ1n) is 11.0. The maximum Gasteiger partial charge on any atom is 0.253 e. The van der Waals surface area contributed by atoms with Gasteiger partial charge in [0.2, 0.25) is 6.79 Å². The number of aromatic nitrogens is 5. The van der Waals surface area contributed by atoms with Crippen molar-refractivity contribution in [3.05, 3.63) is 39.9 Å². The number of nitrogens with zero attached hydrogens (tertiary/aromatic N) is 5. The largest absolute Gasteiger partial charge is 0.454 e. The van der Waals surface area contributed by atoms with E-state index in [2.05, 4.69) is 46.2 Å². The van der Waals surface area contributed by atoms with Gasteiger partial charge in [0.05, 0.1) is 17.2 Å². The van der Waals surface area contributed by atoms with Gasteiger partial charge in [-0.25, -0.2) is 4.68 Å². The summed E-state index contributed by atoms with van der Waals surface area (Å²) in [6, 6.07) is 5.12. The van der Waals surface area contributed by atoms with Gasteiger partial charge in [-0.15, -0.1) is 5.10 Å². The van der Waals surface area contributed by atoms with E-state index in [1.807, 2.05) is 16.8 Å². The second-order valence-electron chi connectivity index (χ2n) is 9.13. The Bertz CT molecular complexity index is 1190. The standard InChI is InChI=1S/C22H28N6O4/c1-4-22(2,3)28-20(24-25-26-28)19(27-7-5-14(29)6-8-27)15-9-13-10-17-18(32-12-31-17)11-16(13)23-21(15)30/h9-11,14,19,29H,4-8,12H2,1-3H3,(H,23,30). The minimum atomic E-state index is -0.443. The maximum absolute atomic E-state index is 13.3. The number of benzene rings is 1. The van der Waals surface area contributed by atoms with Gasteiger partial charge in [-0.1, -0.05) is 6.92 Å². The molecule has 10 heteroatoms. The van der Waals surface area contributed by atoms with Crippen LogP contribution in [0.4, 0.5) is 0 Å². The van der Waals surface area contributed by atoms with Crippen molar-refractivity contribution in [2.45, 2.75) is 57.7 Å². The molecule has 0 aliphatic carbocycles. The van der Waals surface area contributed by atoms with E-state index in [0.29, 0.717) is 54.3 Å². The number of H-pyrrole nitrogens is 1. The third-order valence-corrected chi connectivity index (χ3v) is 6.70. The molecule has 0 radical (unpaired) electrons. The van der Waals surface area contributed by atoms with Crippen LogP contribution in [0.5, 0.6) is 11.5 Å². The van der Waals surface area contributed by atoms with Gasteiger partial charge in [0.1, 0.15) is 6.04 Å². The Morgan fingerprint density at radius 3 is 2.66 bits per heavy atom. The van der Waals surface area contributed by atoms with Gasteiger partial charge in [-0.3, -0.25) is 9.69 Å². The zero-order chi connectivity index (χ0) is 22.5. The molecule has 170 valence electrons. The summed E-state index contributed by atoms with van der Waals surface area (Å²) in [5, 5.41) is 23.5. The Morgan fingerprint density at radius 1 is 1.22 bits per heavy atom. The Balaban J connectivity index is 1.67. The van der Waals surface area contributed by atoms with Crippen molar-refractivity contribution < 1.29 is 14.6 Å². The fourth-order valence-electron chi connectivity index (χ4n) is 4.40.